The first-order valence-electron chi connectivity index (χ1n) is 6.27. The maximum atomic E-state index is 11.9. The van der Waals surface area contributed by atoms with Crippen LogP contribution in [0.1, 0.15) is 18.1 Å². The summed E-state index contributed by atoms with van der Waals surface area (Å²) < 4.78 is 5.24. The maximum Gasteiger partial charge on any atom is 0.414 e. The van der Waals surface area contributed by atoms with Gasteiger partial charge in [-0.3, -0.25) is 9.69 Å². The zero-order chi connectivity index (χ0) is 14.0. The van der Waals surface area contributed by atoms with E-state index in [2.05, 4.69) is 5.32 Å². The second-order valence-corrected chi connectivity index (χ2v) is 4.84. The fraction of sp³-hybridized carbons (Fsp3) is 0.429. The first-order valence-corrected chi connectivity index (χ1v) is 6.27. The molecule has 0 aliphatic carbocycles. The number of rotatable bonds is 3. The normalized spacial score (nSPS) is 18.4. The molecule has 1 saturated heterocycles. The third kappa shape index (κ3) is 3.05. The van der Waals surface area contributed by atoms with Crippen molar-refractivity contribution in [1.29, 1.82) is 0 Å². The third-order valence-electron chi connectivity index (χ3n) is 3.10. The molecular formula is C14H18N2O3. The van der Waals surface area contributed by atoms with E-state index in [1.807, 2.05) is 32.0 Å². The number of benzene rings is 1. The lowest BCUT2D eigenvalue weighted by Crippen LogP contribution is -2.33. The molecule has 0 radical (unpaired) electrons. The van der Waals surface area contributed by atoms with Crippen molar-refractivity contribution in [3.63, 3.8) is 0 Å². The monoisotopic (exact) mass is 262 g/mol. The molecule has 1 aliphatic heterocycles. The van der Waals surface area contributed by atoms with Crippen molar-refractivity contribution in [3.05, 3.63) is 29.3 Å². The molecule has 1 fully saturated rings. The number of nitrogens with one attached hydrogen (secondary N) is 1. The van der Waals surface area contributed by atoms with Crippen LogP contribution in [0.4, 0.5) is 10.5 Å². The SMILES string of the molecule is CC(=O)NC[C@H]1CN(c2ccc(C)cc2C)C(=O)O1. The topological polar surface area (TPSA) is 58.6 Å². The van der Waals surface area contributed by atoms with E-state index in [9.17, 15) is 9.59 Å². The van der Waals surface area contributed by atoms with Crippen LogP contribution < -0.4 is 10.2 Å². The summed E-state index contributed by atoms with van der Waals surface area (Å²) in [6.07, 6.45) is -0.653. The van der Waals surface area contributed by atoms with Crippen molar-refractivity contribution in [1.82, 2.24) is 5.32 Å². The minimum atomic E-state index is -0.359. The Kier molecular flexibility index (Phi) is 3.74. The molecule has 0 bridgehead atoms. The van der Waals surface area contributed by atoms with Crippen LogP contribution in [0.3, 0.4) is 0 Å². The van der Waals surface area contributed by atoms with Crippen molar-refractivity contribution in [2.24, 2.45) is 0 Å². The Hall–Kier alpha value is -2.04. The quantitative estimate of drug-likeness (QED) is 0.903. The largest absolute Gasteiger partial charge is 0.442 e. The minimum Gasteiger partial charge on any atom is -0.442 e. The highest BCUT2D eigenvalue weighted by Gasteiger charge is 2.32. The fourth-order valence-corrected chi connectivity index (χ4v) is 2.19. The molecule has 1 N–H and O–H groups in total. The number of amides is 2. The van der Waals surface area contributed by atoms with Crippen molar-refractivity contribution >= 4 is 17.7 Å². The summed E-state index contributed by atoms with van der Waals surface area (Å²) in [7, 11) is 0. The summed E-state index contributed by atoms with van der Waals surface area (Å²) in [4.78, 5) is 24.3. The highest BCUT2D eigenvalue weighted by atomic mass is 16.6. The number of nitrogens with zero attached hydrogens (tertiary/aromatic N) is 1. The van der Waals surface area contributed by atoms with Gasteiger partial charge in [0.15, 0.2) is 0 Å². The molecule has 5 nitrogen and oxygen atoms in total. The van der Waals surface area contributed by atoms with Gasteiger partial charge >= 0.3 is 6.09 Å². The van der Waals surface area contributed by atoms with E-state index in [0.29, 0.717) is 13.1 Å². The van der Waals surface area contributed by atoms with Gasteiger partial charge in [-0.05, 0) is 25.5 Å². The predicted molar refractivity (Wildman–Crippen MR) is 72.2 cm³/mol. The van der Waals surface area contributed by atoms with Gasteiger partial charge in [0, 0.05) is 6.92 Å². The Balaban J connectivity index is 2.09. The number of hydrogen-bond donors (Lipinski definition) is 1. The van der Waals surface area contributed by atoms with E-state index in [1.165, 1.54) is 6.92 Å². The summed E-state index contributed by atoms with van der Waals surface area (Å²) in [5.41, 5.74) is 3.06. The van der Waals surface area contributed by atoms with E-state index < -0.39 is 0 Å². The summed E-state index contributed by atoms with van der Waals surface area (Å²) in [5, 5.41) is 2.66. The number of aryl methyl sites for hydroxylation is 2. The van der Waals surface area contributed by atoms with Gasteiger partial charge in [-0.15, -0.1) is 0 Å². The zero-order valence-electron chi connectivity index (χ0n) is 11.4. The number of anilines is 1. The molecule has 2 amide bonds. The third-order valence-corrected chi connectivity index (χ3v) is 3.10. The van der Waals surface area contributed by atoms with Crippen LogP contribution in [0, 0.1) is 13.8 Å². The molecule has 0 saturated carbocycles. The van der Waals surface area contributed by atoms with Gasteiger partial charge in [-0.25, -0.2) is 4.79 Å². The van der Waals surface area contributed by atoms with Crippen LogP contribution >= 0.6 is 0 Å². The van der Waals surface area contributed by atoms with Gasteiger partial charge in [0.1, 0.15) is 6.10 Å². The highest BCUT2D eigenvalue weighted by molar-refractivity contribution is 5.90. The Bertz CT molecular complexity index is 513. The molecule has 102 valence electrons. The van der Waals surface area contributed by atoms with E-state index in [0.717, 1.165) is 16.8 Å². The van der Waals surface area contributed by atoms with Gasteiger partial charge in [0.2, 0.25) is 5.91 Å². The van der Waals surface area contributed by atoms with Gasteiger partial charge < -0.3 is 10.1 Å². The number of cyclic esters (lactones) is 1. The molecule has 5 heteroatoms. The molecule has 1 heterocycles. The van der Waals surface area contributed by atoms with Crippen LogP contribution in [-0.2, 0) is 9.53 Å². The fourth-order valence-electron chi connectivity index (χ4n) is 2.19. The Labute approximate surface area is 112 Å². The van der Waals surface area contributed by atoms with Crippen molar-refractivity contribution < 1.29 is 14.3 Å². The van der Waals surface area contributed by atoms with Crippen molar-refractivity contribution in [2.75, 3.05) is 18.0 Å². The van der Waals surface area contributed by atoms with Gasteiger partial charge in [0.25, 0.3) is 0 Å². The van der Waals surface area contributed by atoms with E-state index in [1.54, 1.807) is 4.90 Å². The molecule has 0 aromatic heterocycles. The maximum absolute atomic E-state index is 11.9. The van der Waals surface area contributed by atoms with Crippen LogP contribution in [0.5, 0.6) is 0 Å². The standard InChI is InChI=1S/C14H18N2O3/c1-9-4-5-13(10(2)6-9)16-8-12(19-14(16)18)7-15-11(3)17/h4-6,12H,7-8H2,1-3H3,(H,15,17)/t12-/m0/s1. The first kappa shape index (κ1) is 13.4. The smallest absolute Gasteiger partial charge is 0.414 e. The molecule has 1 aromatic rings. The van der Waals surface area contributed by atoms with E-state index in [-0.39, 0.29) is 18.1 Å². The highest BCUT2D eigenvalue weighted by Crippen LogP contribution is 2.25. The van der Waals surface area contributed by atoms with Crippen LogP contribution in [0.15, 0.2) is 18.2 Å². The summed E-state index contributed by atoms with van der Waals surface area (Å²) in [6, 6.07) is 5.92. The van der Waals surface area contributed by atoms with Crippen LogP contribution in [0.2, 0.25) is 0 Å². The summed E-state index contributed by atoms with van der Waals surface area (Å²) in [5.74, 6) is -0.124. The van der Waals surface area contributed by atoms with Gasteiger partial charge in [0.05, 0.1) is 18.8 Å². The Morgan fingerprint density at radius 2 is 2.21 bits per heavy atom. The molecule has 1 aliphatic rings. The van der Waals surface area contributed by atoms with Gasteiger partial charge in [-0.2, -0.15) is 0 Å². The minimum absolute atomic E-state index is 0.124. The average Bonchev–Trinajstić information content (AvgIpc) is 2.68. The molecule has 1 aromatic carbocycles. The molecule has 1 atom stereocenters. The lowest BCUT2D eigenvalue weighted by atomic mass is 10.1. The molecule has 2 rings (SSSR count). The second kappa shape index (κ2) is 5.30. The second-order valence-electron chi connectivity index (χ2n) is 4.84. The van der Waals surface area contributed by atoms with Crippen LogP contribution in [-0.4, -0.2) is 31.2 Å². The molecule has 0 spiro atoms. The lowest BCUT2D eigenvalue weighted by Gasteiger charge is -2.16. The van der Waals surface area contributed by atoms with Gasteiger partial charge in [-0.1, -0.05) is 17.7 Å². The lowest BCUT2D eigenvalue weighted by molar-refractivity contribution is -0.119. The summed E-state index contributed by atoms with van der Waals surface area (Å²) in [6.45, 7) is 6.24. The number of carbonyl (C=O) groups is 2. The molecule has 0 unspecified atom stereocenters. The number of hydrogen-bond acceptors (Lipinski definition) is 3. The average molecular weight is 262 g/mol. The Morgan fingerprint density at radius 3 is 2.84 bits per heavy atom. The molecular weight excluding hydrogens is 244 g/mol. The summed E-state index contributed by atoms with van der Waals surface area (Å²) >= 11 is 0. The predicted octanol–water partition coefficient (Wildman–Crippen LogP) is 1.76. The molecule has 19 heavy (non-hydrogen) atoms. The number of carbonyl (C=O) groups excluding carboxylic acids is 2. The Morgan fingerprint density at radius 1 is 1.47 bits per heavy atom. The van der Waals surface area contributed by atoms with E-state index >= 15 is 0 Å². The zero-order valence-corrected chi connectivity index (χ0v) is 11.4. The van der Waals surface area contributed by atoms with Crippen LogP contribution in [0.25, 0.3) is 0 Å². The number of ether oxygens (including phenoxy) is 1. The van der Waals surface area contributed by atoms with Crippen molar-refractivity contribution in [3.8, 4) is 0 Å². The first-order chi connectivity index (χ1) is 8.97. The van der Waals surface area contributed by atoms with E-state index in [4.69, 9.17) is 4.74 Å². The van der Waals surface area contributed by atoms with Crippen molar-refractivity contribution in [2.45, 2.75) is 26.9 Å².